The first kappa shape index (κ1) is 16.3. The van der Waals surface area contributed by atoms with E-state index in [-0.39, 0.29) is 5.91 Å². The number of anilines is 1. The smallest absolute Gasteiger partial charge is 0.254 e. The van der Waals surface area contributed by atoms with Crippen molar-refractivity contribution in [2.45, 2.75) is 13.1 Å². The van der Waals surface area contributed by atoms with Gasteiger partial charge in [0.1, 0.15) is 5.82 Å². The number of hydrogen-bond acceptors (Lipinski definition) is 4. The number of rotatable bonds is 6. The molecule has 2 aromatic heterocycles. The van der Waals surface area contributed by atoms with Crippen LogP contribution >= 0.6 is 11.3 Å². The first-order chi connectivity index (χ1) is 11.6. The number of benzene rings is 1. The highest BCUT2D eigenvalue weighted by Gasteiger charge is 2.14. The molecule has 0 spiro atoms. The van der Waals surface area contributed by atoms with Crippen LogP contribution < -0.4 is 5.32 Å². The van der Waals surface area contributed by atoms with Gasteiger partial charge >= 0.3 is 0 Å². The van der Waals surface area contributed by atoms with Crippen LogP contribution in [-0.4, -0.2) is 27.4 Å². The van der Waals surface area contributed by atoms with E-state index < -0.39 is 0 Å². The van der Waals surface area contributed by atoms with Crippen LogP contribution in [0.2, 0.25) is 0 Å². The minimum atomic E-state index is -0.0160. The minimum Gasteiger partial charge on any atom is -0.380 e. The number of aryl methyl sites for hydroxylation is 1. The number of nitrogens with one attached hydrogen (secondary N) is 1. The molecule has 5 nitrogen and oxygen atoms in total. The van der Waals surface area contributed by atoms with Crippen molar-refractivity contribution in [3.63, 3.8) is 0 Å². The van der Waals surface area contributed by atoms with Gasteiger partial charge in [0, 0.05) is 49.2 Å². The summed E-state index contributed by atoms with van der Waals surface area (Å²) in [4.78, 5) is 19.8. The lowest BCUT2D eigenvalue weighted by molar-refractivity contribution is 0.0780. The molecule has 1 amide bonds. The van der Waals surface area contributed by atoms with Crippen molar-refractivity contribution in [1.82, 2.24) is 14.5 Å². The third-order valence-corrected chi connectivity index (χ3v) is 4.68. The summed E-state index contributed by atoms with van der Waals surface area (Å²) in [5.41, 5.74) is 1.61. The maximum atomic E-state index is 12.6. The molecule has 1 aromatic carbocycles. The summed E-state index contributed by atoms with van der Waals surface area (Å²) in [7, 11) is 3.72. The largest absolute Gasteiger partial charge is 0.380 e. The second-order valence-electron chi connectivity index (χ2n) is 5.63. The summed E-state index contributed by atoms with van der Waals surface area (Å²) in [5.74, 6) is 0.843. The molecule has 0 radical (unpaired) electrons. The number of carbonyl (C=O) groups is 1. The van der Waals surface area contributed by atoms with Gasteiger partial charge in [-0.2, -0.15) is 0 Å². The topological polar surface area (TPSA) is 50.2 Å². The summed E-state index contributed by atoms with van der Waals surface area (Å²) in [6.45, 7) is 1.24. The van der Waals surface area contributed by atoms with Gasteiger partial charge in [-0.3, -0.25) is 4.79 Å². The normalized spacial score (nSPS) is 10.6. The first-order valence-corrected chi connectivity index (χ1v) is 8.59. The maximum absolute atomic E-state index is 12.6. The van der Waals surface area contributed by atoms with Crippen LogP contribution in [0.4, 0.5) is 5.69 Å². The molecule has 3 aromatic rings. The van der Waals surface area contributed by atoms with Gasteiger partial charge < -0.3 is 14.8 Å². The zero-order chi connectivity index (χ0) is 16.9. The Morgan fingerprint density at radius 1 is 1.33 bits per heavy atom. The fourth-order valence-electron chi connectivity index (χ4n) is 2.42. The Bertz CT molecular complexity index is 810. The summed E-state index contributed by atoms with van der Waals surface area (Å²) in [6, 6.07) is 11.7. The predicted molar refractivity (Wildman–Crippen MR) is 97.1 cm³/mol. The highest BCUT2D eigenvalue weighted by atomic mass is 32.1. The van der Waals surface area contributed by atoms with Gasteiger partial charge in [-0.1, -0.05) is 12.1 Å². The third kappa shape index (κ3) is 3.83. The average molecular weight is 340 g/mol. The molecule has 3 rings (SSSR count). The lowest BCUT2D eigenvalue weighted by Gasteiger charge is -2.17. The standard InChI is InChI=1S/C18H20N4OS/c1-21-9-8-19-17(21)13-22(2)18(23)14-5-3-6-15(11-14)20-12-16-7-4-10-24-16/h3-11,20H,12-13H2,1-2H3. The van der Waals surface area contributed by atoms with E-state index in [0.717, 1.165) is 18.1 Å². The number of carbonyl (C=O) groups excluding carboxylic acids is 1. The zero-order valence-electron chi connectivity index (χ0n) is 13.8. The van der Waals surface area contributed by atoms with E-state index in [2.05, 4.69) is 21.7 Å². The second kappa shape index (κ2) is 7.31. The van der Waals surface area contributed by atoms with Crippen LogP contribution in [0.15, 0.2) is 54.2 Å². The SMILES string of the molecule is CN(Cc1nccn1C)C(=O)c1cccc(NCc2cccs2)c1. The van der Waals surface area contributed by atoms with E-state index in [0.29, 0.717) is 12.1 Å². The Morgan fingerprint density at radius 3 is 2.92 bits per heavy atom. The highest BCUT2D eigenvalue weighted by Crippen LogP contribution is 2.16. The molecule has 0 fully saturated rings. The monoisotopic (exact) mass is 340 g/mol. The van der Waals surface area contributed by atoms with E-state index in [1.54, 1.807) is 29.5 Å². The highest BCUT2D eigenvalue weighted by molar-refractivity contribution is 7.09. The van der Waals surface area contributed by atoms with Crippen LogP contribution in [0, 0.1) is 0 Å². The predicted octanol–water partition coefficient (Wildman–Crippen LogP) is 3.37. The lowest BCUT2D eigenvalue weighted by atomic mass is 10.1. The van der Waals surface area contributed by atoms with Crippen molar-refractivity contribution in [2.75, 3.05) is 12.4 Å². The third-order valence-electron chi connectivity index (χ3n) is 3.80. The average Bonchev–Trinajstić information content (AvgIpc) is 3.25. The van der Waals surface area contributed by atoms with Gasteiger partial charge in [0.15, 0.2) is 0 Å². The number of aromatic nitrogens is 2. The fraction of sp³-hybridized carbons (Fsp3) is 0.222. The van der Waals surface area contributed by atoms with Gasteiger partial charge in [-0.25, -0.2) is 4.98 Å². The molecule has 0 bridgehead atoms. The summed E-state index contributed by atoms with van der Waals surface area (Å²) in [6.07, 6.45) is 3.62. The number of imidazole rings is 1. The molecular weight excluding hydrogens is 320 g/mol. The van der Waals surface area contributed by atoms with E-state index in [4.69, 9.17) is 0 Å². The molecule has 124 valence electrons. The quantitative estimate of drug-likeness (QED) is 0.748. The zero-order valence-corrected chi connectivity index (χ0v) is 14.6. The molecule has 0 aliphatic carbocycles. The summed E-state index contributed by atoms with van der Waals surface area (Å²) < 4.78 is 1.92. The Balaban J connectivity index is 1.66. The van der Waals surface area contributed by atoms with Crippen LogP contribution in [0.25, 0.3) is 0 Å². The lowest BCUT2D eigenvalue weighted by Crippen LogP contribution is -2.27. The van der Waals surface area contributed by atoms with Crippen LogP contribution in [0.5, 0.6) is 0 Å². The number of nitrogens with zero attached hydrogens (tertiary/aromatic N) is 3. The molecule has 0 saturated carbocycles. The van der Waals surface area contributed by atoms with Gasteiger partial charge in [-0.05, 0) is 29.6 Å². The number of hydrogen-bond donors (Lipinski definition) is 1. The Morgan fingerprint density at radius 2 is 2.21 bits per heavy atom. The van der Waals surface area contributed by atoms with Crippen molar-refractivity contribution < 1.29 is 4.79 Å². The van der Waals surface area contributed by atoms with Crippen molar-refractivity contribution in [3.8, 4) is 0 Å². The fourth-order valence-corrected chi connectivity index (χ4v) is 3.06. The molecule has 2 heterocycles. The molecule has 6 heteroatoms. The van der Waals surface area contributed by atoms with Crippen LogP contribution in [-0.2, 0) is 20.1 Å². The van der Waals surface area contributed by atoms with E-state index >= 15 is 0 Å². The van der Waals surface area contributed by atoms with E-state index in [9.17, 15) is 4.79 Å². The Hall–Kier alpha value is -2.60. The Labute approximate surface area is 145 Å². The van der Waals surface area contributed by atoms with Gasteiger partial charge in [0.25, 0.3) is 5.91 Å². The molecule has 0 atom stereocenters. The van der Waals surface area contributed by atoms with Crippen LogP contribution in [0.1, 0.15) is 21.1 Å². The maximum Gasteiger partial charge on any atom is 0.254 e. The van der Waals surface area contributed by atoms with Gasteiger partial charge in [-0.15, -0.1) is 11.3 Å². The van der Waals surface area contributed by atoms with Crippen molar-refractivity contribution in [3.05, 3.63) is 70.4 Å². The van der Waals surface area contributed by atoms with E-state index in [1.165, 1.54) is 4.88 Å². The summed E-state index contributed by atoms with van der Waals surface area (Å²) in [5, 5.41) is 5.42. The van der Waals surface area contributed by atoms with E-state index in [1.807, 2.05) is 48.1 Å². The van der Waals surface area contributed by atoms with Crippen molar-refractivity contribution in [1.29, 1.82) is 0 Å². The molecule has 1 N–H and O–H groups in total. The first-order valence-electron chi connectivity index (χ1n) is 7.71. The molecule has 0 aliphatic heterocycles. The Kier molecular flexibility index (Phi) is 4.96. The molecule has 24 heavy (non-hydrogen) atoms. The van der Waals surface area contributed by atoms with Crippen molar-refractivity contribution in [2.24, 2.45) is 7.05 Å². The number of amides is 1. The van der Waals surface area contributed by atoms with Gasteiger partial charge in [0.05, 0.1) is 6.54 Å². The van der Waals surface area contributed by atoms with Crippen molar-refractivity contribution >= 4 is 22.9 Å². The molecular formula is C18H20N4OS. The number of thiophene rings is 1. The molecule has 0 unspecified atom stereocenters. The second-order valence-corrected chi connectivity index (χ2v) is 6.66. The molecule has 0 aliphatic rings. The summed E-state index contributed by atoms with van der Waals surface area (Å²) >= 11 is 1.71. The molecule has 0 saturated heterocycles. The van der Waals surface area contributed by atoms with Gasteiger partial charge in [0.2, 0.25) is 0 Å². The van der Waals surface area contributed by atoms with Crippen LogP contribution in [0.3, 0.4) is 0 Å². The minimum absolute atomic E-state index is 0.0160.